The fourth-order valence-electron chi connectivity index (χ4n) is 1.13. The summed E-state index contributed by atoms with van der Waals surface area (Å²) in [4.78, 5) is 21.5. The van der Waals surface area contributed by atoms with Gasteiger partial charge in [-0.15, -0.1) is 0 Å². The van der Waals surface area contributed by atoms with Gasteiger partial charge in [-0.1, -0.05) is 0 Å². The van der Waals surface area contributed by atoms with E-state index in [0.29, 0.717) is 19.6 Å². The minimum atomic E-state index is -1.39. The van der Waals surface area contributed by atoms with E-state index >= 15 is 0 Å². The summed E-state index contributed by atoms with van der Waals surface area (Å²) in [5.74, 6) is -2.02. The molecule has 0 saturated carbocycles. The monoisotopic (exact) mass is 173 g/mol. The Morgan fingerprint density at radius 3 is 2.67 bits per heavy atom. The molecule has 0 spiro atoms. The van der Waals surface area contributed by atoms with Crippen molar-refractivity contribution in [2.75, 3.05) is 13.2 Å². The molecule has 0 aliphatic carbocycles. The molecule has 1 fully saturated rings. The Hall–Kier alpha value is -0.940. The number of rotatable bonds is 3. The summed E-state index contributed by atoms with van der Waals surface area (Å²) >= 11 is 0. The Balaban J connectivity index is 2.51. The molecule has 0 aromatic heterocycles. The van der Waals surface area contributed by atoms with Crippen LogP contribution < -0.4 is 5.73 Å². The number of ether oxygens (including phenoxy) is 1. The molecule has 2 atom stereocenters. The van der Waals surface area contributed by atoms with Gasteiger partial charge in [0.2, 0.25) is 0 Å². The van der Waals surface area contributed by atoms with Crippen LogP contribution in [-0.4, -0.2) is 36.1 Å². The smallest absolute Gasteiger partial charge is 0.328 e. The second kappa shape index (κ2) is 3.64. The zero-order valence-corrected chi connectivity index (χ0v) is 6.53. The normalized spacial score (nSPS) is 25.2. The minimum Gasteiger partial charge on any atom is -0.480 e. The Morgan fingerprint density at radius 2 is 2.25 bits per heavy atom. The topological polar surface area (TPSA) is 89.6 Å². The Kier molecular flexibility index (Phi) is 2.78. The molecule has 1 saturated heterocycles. The summed E-state index contributed by atoms with van der Waals surface area (Å²) in [6.45, 7) is 0.822. The van der Waals surface area contributed by atoms with Crippen molar-refractivity contribution < 1.29 is 19.4 Å². The summed E-state index contributed by atoms with van der Waals surface area (Å²) in [5, 5.41) is 8.43. The van der Waals surface area contributed by atoms with E-state index < -0.39 is 17.8 Å². The third-order valence-corrected chi connectivity index (χ3v) is 1.90. The van der Waals surface area contributed by atoms with Crippen LogP contribution in [0.5, 0.6) is 0 Å². The van der Waals surface area contributed by atoms with Gasteiger partial charge in [-0.3, -0.25) is 9.59 Å². The highest BCUT2D eigenvalue weighted by atomic mass is 16.5. The van der Waals surface area contributed by atoms with Crippen LogP contribution in [0.4, 0.5) is 0 Å². The van der Waals surface area contributed by atoms with Gasteiger partial charge in [0.1, 0.15) is 0 Å². The quantitative estimate of drug-likeness (QED) is 0.534. The zero-order valence-electron chi connectivity index (χ0n) is 6.53. The molecule has 68 valence electrons. The van der Waals surface area contributed by atoms with Crippen molar-refractivity contribution in [1.82, 2.24) is 0 Å². The third kappa shape index (κ3) is 1.80. The van der Waals surface area contributed by atoms with Gasteiger partial charge in [0, 0.05) is 12.5 Å². The maximum Gasteiger partial charge on any atom is 0.328 e. The number of ketones is 1. The average Bonchev–Trinajstić information content (AvgIpc) is 2.53. The fraction of sp³-hybridized carbons (Fsp3) is 0.714. The van der Waals surface area contributed by atoms with E-state index in [-0.39, 0.29) is 5.92 Å². The molecule has 1 heterocycles. The zero-order chi connectivity index (χ0) is 9.14. The highest BCUT2D eigenvalue weighted by molar-refractivity contribution is 6.03. The maximum atomic E-state index is 11.2. The highest BCUT2D eigenvalue weighted by Gasteiger charge is 2.31. The molecular formula is C7H11NO4. The standard InChI is InChI=1S/C7H11NO4/c8-5(7(10)11)6(9)4-1-2-12-3-4/h4-5H,1-3,8H2,(H,10,11). The molecule has 0 radical (unpaired) electrons. The second-order valence-corrected chi connectivity index (χ2v) is 2.78. The van der Waals surface area contributed by atoms with Crippen molar-refractivity contribution in [2.45, 2.75) is 12.5 Å². The molecule has 0 amide bonds. The lowest BCUT2D eigenvalue weighted by atomic mass is 9.98. The van der Waals surface area contributed by atoms with Crippen molar-refractivity contribution in [2.24, 2.45) is 11.7 Å². The number of hydrogen-bond acceptors (Lipinski definition) is 4. The summed E-state index contributed by atoms with van der Waals surface area (Å²) in [6, 6.07) is -1.39. The largest absolute Gasteiger partial charge is 0.480 e. The van der Waals surface area contributed by atoms with Gasteiger partial charge >= 0.3 is 5.97 Å². The van der Waals surface area contributed by atoms with Crippen LogP contribution >= 0.6 is 0 Å². The molecule has 12 heavy (non-hydrogen) atoms. The van der Waals surface area contributed by atoms with E-state index in [2.05, 4.69) is 0 Å². The van der Waals surface area contributed by atoms with E-state index in [0.717, 1.165) is 0 Å². The molecule has 3 N–H and O–H groups in total. The third-order valence-electron chi connectivity index (χ3n) is 1.90. The summed E-state index contributed by atoms with van der Waals surface area (Å²) in [6.07, 6.45) is 0.583. The minimum absolute atomic E-state index is 0.305. The van der Waals surface area contributed by atoms with Crippen molar-refractivity contribution >= 4 is 11.8 Å². The van der Waals surface area contributed by atoms with Gasteiger partial charge in [-0.25, -0.2) is 0 Å². The first-order chi connectivity index (χ1) is 5.63. The van der Waals surface area contributed by atoms with Crippen LogP contribution in [0.3, 0.4) is 0 Å². The van der Waals surface area contributed by atoms with E-state index in [1.54, 1.807) is 0 Å². The van der Waals surface area contributed by atoms with Crippen LogP contribution in [0.2, 0.25) is 0 Å². The van der Waals surface area contributed by atoms with Crippen LogP contribution in [0.15, 0.2) is 0 Å². The fourth-order valence-corrected chi connectivity index (χ4v) is 1.13. The van der Waals surface area contributed by atoms with Gasteiger partial charge < -0.3 is 15.6 Å². The van der Waals surface area contributed by atoms with E-state index in [4.69, 9.17) is 15.6 Å². The van der Waals surface area contributed by atoms with Crippen LogP contribution in [0.1, 0.15) is 6.42 Å². The first-order valence-corrected chi connectivity index (χ1v) is 3.73. The maximum absolute atomic E-state index is 11.2. The average molecular weight is 173 g/mol. The number of carbonyl (C=O) groups excluding carboxylic acids is 1. The van der Waals surface area contributed by atoms with Gasteiger partial charge in [0.25, 0.3) is 0 Å². The summed E-state index contributed by atoms with van der Waals surface area (Å²) < 4.78 is 4.94. The molecule has 5 heteroatoms. The number of hydrogen-bond donors (Lipinski definition) is 2. The van der Waals surface area contributed by atoms with Gasteiger partial charge in [-0.05, 0) is 6.42 Å². The second-order valence-electron chi connectivity index (χ2n) is 2.78. The van der Waals surface area contributed by atoms with Crippen molar-refractivity contribution in [1.29, 1.82) is 0 Å². The van der Waals surface area contributed by atoms with E-state index in [9.17, 15) is 9.59 Å². The SMILES string of the molecule is NC(C(=O)O)C(=O)C1CCOC1. The molecule has 0 aromatic rings. The number of carboxylic acid groups (broad SMARTS) is 1. The van der Waals surface area contributed by atoms with Crippen LogP contribution in [-0.2, 0) is 14.3 Å². The Labute approximate surface area is 69.5 Å². The number of carboxylic acids is 1. The van der Waals surface area contributed by atoms with Crippen LogP contribution in [0.25, 0.3) is 0 Å². The van der Waals surface area contributed by atoms with E-state index in [1.807, 2.05) is 0 Å². The van der Waals surface area contributed by atoms with Crippen molar-refractivity contribution in [3.63, 3.8) is 0 Å². The lowest BCUT2D eigenvalue weighted by molar-refractivity contribution is -0.143. The van der Waals surface area contributed by atoms with Crippen molar-refractivity contribution in [3.05, 3.63) is 0 Å². The van der Waals surface area contributed by atoms with Gasteiger partial charge in [-0.2, -0.15) is 0 Å². The Bertz CT molecular complexity index is 198. The highest BCUT2D eigenvalue weighted by Crippen LogP contribution is 2.14. The predicted octanol–water partition coefficient (Wildman–Crippen LogP) is -0.996. The number of Topliss-reactive ketones (excluding diaryl/α,β-unsaturated/α-hetero) is 1. The summed E-state index contributed by atoms with van der Waals surface area (Å²) in [5.41, 5.74) is 5.14. The van der Waals surface area contributed by atoms with Crippen molar-refractivity contribution in [3.8, 4) is 0 Å². The molecule has 1 aliphatic heterocycles. The molecule has 0 bridgehead atoms. The lowest BCUT2D eigenvalue weighted by Gasteiger charge is -2.09. The Morgan fingerprint density at radius 1 is 1.58 bits per heavy atom. The number of nitrogens with two attached hydrogens (primary N) is 1. The predicted molar refractivity (Wildman–Crippen MR) is 39.5 cm³/mol. The first-order valence-electron chi connectivity index (χ1n) is 3.73. The molecule has 0 aromatic carbocycles. The van der Waals surface area contributed by atoms with Gasteiger partial charge in [0.05, 0.1) is 6.61 Å². The molecule has 1 rings (SSSR count). The number of aliphatic carboxylic acids is 1. The van der Waals surface area contributed by atoms with Crippen LogP contribution in [0, 0.1) is 5.92 Å². The molecule has 2 unspecified atom stereocenters. The lowest BCUT2D eigenvalue weighted by Crippen LogP contribution is -2.42. The molecule has 5 nitrogen and oxygen atoms in total. The molecule has 1 aliphatic rings. The summed E-state index contributed by atoms with van der Waals surface area (Å²) in [7, 11) is 0. The molecular weight excluding hydrogens is 162 g/mol. The van der Waals surface area contributed by atoms with Gasteiger partial charge in [0.15, 0.2) is 11.8 Å². The number of carbonyl (C=O) groups is 2. The first kappa shape index (κ1) is 9.15. The van der Waals surface area contributed by atoms with E-state index in [1.165, 1.54) is 0 Å².